The number of nitrogens with one attached hydrogen (secondary N) is 1. The molecule has 0 bridgehead atoms. The highest BCUT2D eigenvalue weighted by Crippen LogP contribution is 2.29. The molecule has 1 aliphatic carbocycles. The Morgan fingerprint density at radius 1 is 1.40 bits per heavy atom. The zero-order valence-corrected chi connectivity index (χ0v) is 11.9. The number of hydrogen-bond donors (Lipinski definition) is 1. The van der Waals surface area contributed by atoms with E-state index in [-0.39, 0.29) is 17.9 Å². The molecule has 20 heavy (non-hydrogen) atoms. The molecule has 0 aromatic carbocycles. The molecule has 1 aromatic heterocycles. The first-order valence-corrected chi connectivity index (χ1v) is 6.65. The van der Waals surface area contributed by atoms with Crippen molar-refractivity contribution < 1.29 is 9.53 Å². The fourth-order valence-electron chi connectivity index (χ4n) is 2.53. The smallest absolute Gasteiger partial charge is 0.308 e. The largest absolute Gasteiger partial charge is 0.469 e. The summed E-state index contributed by atoms with van der Waals surface area (Å²) in [6, 6.07) is 2.29. The molecule has 1 fully saturated rings. The Balaban J connectivity index is 2.11. The quantitative estimate of drug-likeness (QED) is 0.844. The van der Waals surface area contributed by atoms with E-state index in [1.807, 2.05) is 13.8 Å². The summed E-state index contributed by atoms with van der Waals surface area (Å²) in [7, 11) is 1.41. The van der Waals surface area contributed by atoms with Gasteiger partial charge in [-0.1, -0.05) is 0 Å². The van der Waals surface area contributed by atoms with Crippen LogP contribution in [0.2, 0.25) is 0 Å². The molecule has 2 atom stereocenters. The Bertz CT molecular complexity index is 565. The van der Waals surface area contributed by atoms with Crippen LogP contribution in [0.15, 0.2) is 0 Å². The van der Waals surface area contributed by atoms with Crippen molar-refractivity contribution in [2.75, 3.05) is 12.4 Å². The van der Waals surface area contributed by atoms with E-state index in [0.717, 1.165) is 24.1 Å². The van der Waals surface area contributed by atoms with Crippen LogP contribution in [0.1, 0.15) is 36.1 Å². The van der Waals surface area contributed by atoms with Crippen molar-refractivity contribution in [2.24, 2.45) is 5.92 Å². The molecular weight excluding hydrogens is 256 g/mol. The van der Waals surface area contributed by atoms with Crippen molar-refractivity contribution in [2.45, 2.75) is 39.2 Å². The molecule has 1 N–H and O–H groups in total. The predicted molar refractivity (Wildman–Crippen MR) is 73.0 cm³/mol. The van der Waals surface area contributed by atoms with Gasteiger partial charge in [0, 0.05) is 6.04 Å². The minimum Gasteiger partial charge on any atom is -0.469 e. The normalized spacial score (nSPS) is 21.3. The summed E-state index contributed by atoms with van der Waals surface area (Å²) < 4.78 is 4.77. The fraction of sp³-hybridized carbons (Fsp3) is 0.571. The first-order chi connectivity index (χ1) is 9.56. The zero-order valence-electron chi connectivity index (χ0n) is 11.9. The highest BCUT2D eigenvalue weighted by Gasteiger charge is 2.31. The van der Waals surface area contributed by atoms with Crippen LogP contribution in [-0.2, 0) is 9.53 Å². The molecule has 6 heteroatoms. The van der Waals surface area contributed by atoms with E-state index in [9.17, 15) is 10.1 Å². The van der Waals surface area contributed by atoms with Gasteiger partial charge in [-0.25, -0.2) is 0 Å². The van der Waals surface area contributed by atoms with Gasteiger partial charge in [0.2, 0.25) is 0 Å². The molecule has 0 saturated heterocycles. The first kappa shape index (κ1) is 14.3. The number of methoxy groups -OCH3 is 1. The number of carbonyl (C=O) groups excluding carboxylic acids is 1. The van der Waals surface area contributed by atoms with Gasteiger partial charge in [0.25, 0.3) is 0 Å². The SMILES string of the molecule is COC(=O)[C@H]1CC[C@@H](Nc2nnc(C)c(C)c2C#N)C1. The molecule has 0 spiro atoms. The summed E-state index contributed by atoms with van der Waals surface area (Å²) in [4.78, 5) is 11.5. The van der Waals surface area contributed by atoms with Crippen LogP contribution in [0, 0.1) is 31.1 Å². The van der Waals surface area contributed by atoms with Gasteiger partial charge in [-0.3, -0.25) is 4.79 Å². The second-order valence-electron chi connectivity index (χ2n) is 5.12. The lowest BCUT2D eigenvalue weighted by atomic mass is 10.1. The van der Waals surface area contributed by atoms with E-state index in [4.69, 9.17) is 4.74 Å². The Labute approximate surface area is 118 Å². The summed E-state index contributed by atoms with van der Waals surface area (Å²) >= 11 is 0. The second kappa shape index (κ2) is 5.87. The summed E-state index contributed by atoms with van der Waals surface area (Å²) in [6.45, 7) is 3.69. The lowest BCUT2D eigenvalue weighted by molar-refractivity contribution is -0.145. The van der Waals surface area contributed by atoms with Gasteiger partial charge < -0.3 is 10.1 Å². The van der Waals surface area contributed by atoms with Gasteiger partial charge in [0.05, 0.1) is 18.7 Å². The van der Waals surface area contributed by atoms with Gasteiger partial charge in [-0.2, -0.15) is 10.4 Å². The molecule has 0 amide bonds. The zero-order chi connectivity index (χ0) is 14.7. The summed E-state index contributed by atoms with van der Waals surface area (Å²) in [5, 5.41) is 20.6. The van der Waals surface area contributed by atoms with Crippen LogP contribution in [0.4, 0.5) is 5.82 Å². The van der Waals surface area contributed by atoms with Crippen LogP contribution in [-0.4, -0.2) is 29.3 Å². The molecule has 0 unspecified atom stereocenters. The monoisotopic (exact) mass is 274 g/mol. The van der Waals surface area contributed by atoms with Gasteiger partial charge in [-0.15, -0.1) is 5.10 Å². The first-order valence-electron chi connectivity index (χ1n) is 6.65. The minimum atomic E-state index is -0.166. The average molecular weight is 274 g/mol. The predicted octanol–water partition coefficient (Wildman–Crippen LogP) is 1.72. The third-order valence-electron chi connectivity index (χ3n) is 3.87. The lowest BCUT2D eigenvalue weighted by Gasteiger charge is -2.15. The van der Waals surface area contributed by atoms with E-state index >= 15 is 0 Å². The van der Waals surface area contributed by atoms with Crippen LogP contribution >= 0.6 is 0 Å². The van der Waals surface area contributed by atoms with Crippen molar-refractivity contribution in [3.05, 3.63) is 16.8 Å². The van der Waals surface area contributed by atoms with Crippen LogP contribution in [0.3, 0.4) is 0 Å². The van der Waals surface area contributed by atoms with Gasteiger partial charge in [-0.05, 0) is 38.7 Å². The van der Waals surface area contributed by atoms with Crippen molar-refractivity contribution in [3.63, 3.8) is 0 Å². The maximum Gasteiger partial charge on any atom is 0.308 e. The minimum absolute atomic E-state index is 0.0671. The average Bonchev–Trinajstić information content (AvgIpc) is 2.91. The summed E-state index contributed by atoms with van der Waals surface area (Å²) in [5.74, 6) is 0.273. The lowest BCUT2D eigenvalue weighted by Crippen LogP contribution is -2.20. The van der Waals surface area contributed by atoms with Crippen molar-refractivity contribution in [1.82, 2.24) is 10.2 Å². The van der Waals surface area contributed by atoms with E-state index in [2.05, 4.69) is 21.6 Å². The molecule has 0 radical (unpaired) electrons. The van der Waals surface area contributed by atoms with E-state index in [1.54, 1.807) is 0 Å². The molecule has 0 aliphatic heterocycles. The van der Waals surface area contributed by atoms with Crippen molar-refractivity contribution in [3.8, 4) is 6.07 Å². The standard InChI is InChI=1S/C14H18N4O2/c1-8-9(2)17-18-13(12(8)7-15)16-11-5-4-10(6-11)14(19)20-3/h10-11H,4-6H2,1-3H3,(H,16,18)/t10-,11+/m0/s1. The third-order valence-corrected chi connectivity index (χ3v) is 3.87. The number of aromatic nitrogens is 2. The molecule has 1 aromatic rings. The number of carbonyl (C=O) groups is 1. The number of nitriles is 1. The highest BCUT2D eigenvalue weighted by atomic mass is 16.5. The Morgan fingerprint density at radius 3 is 2.80 bits per heavy atom. The molecule has 2 rings (SSSR count). The van der Waals surface area contributed by atoms with E-state index < -0.39 is 0 Å². The molecule has 1 saturated carbocycles. The fourth-order valence-corrected chi connectivity index (χ4v) is 2.53. The molecule has 1 heterocycles. The third kappa shape index (κ3) is 2.72. The molecular formula is C14H18N4O2. The number of ether oxygens (including phenoxy) is 1. The number of hydrogen-bond acceptors (Lipinski definition) is 6. The summed E-state index contributed by atoms with van der Waals surface area (Å²) in [6.07, 6.45) is 2.36. The summed E-state index contributed by atoms with van der Waals surface area (Å²) in [5.41, 5.74) is 2.12. The van der Waals surface area contributed by atoms with Crippen LogP contribution in [0.5, 0.6) is 0 Å². The number of esters is 1. The maximum absolute atomic E-state index is 11.5. The maximum atomic E-state index is 11.5. The Kier molecular flexibility index (Phi) is 4.18. The Hall–Kier alpha value is -2.16. The second-order valence-corrected chi connectivity index (χ2v) is 5.12. The van der Waals surface area contributed by atoms with Crippen molar-refractivity contribution >= 4 is 11.8 Å². The molecule has 1 aliphatic rings. The topological polar surface area (TPSA) is 87.9 Å². The number of nitrogens with zero attached hydrogens (tertiary/aromatic N) is 3. The highest BCUT2D eigenvalue weighted by molar-refractivity contribution is 5.72. The number of aryl methyl sites for hydroxylation is 1. The van der Waals surface area contributed by atoms with Gasteiger partial charge in [0.15, 0.2) is 5.82 Å². The van der Waals surface area contributed by atoms with Crippen molar-refractivity contribution in [1.29, 1.82) is 5.26 Å². The number of rotatable bonds is 3. The van der Waals surface area contributed by atoms with Crippen LogP contribution < -0.4 is 5.32 Å². The molecule has 6 nitrogen and oxygen atoms in total. The van der Waals surface area contributed by atoms with E-state index in [0.29, 0.717) is 17.8 Å². The van der Waals surface area contributed by atoms with Gasteiger partial charge in [0.1, 0.15) is 11.6 Å². The van der Waals surface area contributed by atoms with Crippen LogP contribution in [0.25, 0.3) is 0 Å². The Morgan fingerprint density at radius 2 is 2.15 bits per heavy atom. The van der Waals surface area contributed by atoms with Gasteiger partial charge >= 0.3 is 5.97 Å². The number of anilines is 1. The molecule has 106 valence electrons. The van der Waals surface area contributed by atoms with E-state index in [1.165, 1.54) is 7.11 Å².